The van der Waals surface area contributed by atoms with Gasteiger partial charge in [-0.2, -0.15) is 10.2 Å². The number of benzene rings is 12. The third kappa shape index (κ3) is 29.3. The molecule has 0 N–H and O–H groups in total. The van der Waals surface area contributed by atoms with E-state index in [1.54, 1.807) is 34.2 Å². The van der Waals surface area contributed by atoms with Crippen LogP contribution in [0.4, 0.5) is 34.5 Å². The van der Waals surface area contributed by atoms with Gasteiger partial charge in [-0.15, -0.1) is 23.2 Å². The van der Waals surface area contributed by atoms with Gasteiger partial charge in [0.25, 0.3) is 0 Å². The van der Waals surface area contributed by atoms with Gasteiger partial charge in [0.15, 0.2) is 34.6 Å². The van der Waals surface area contributed by atoms with Crippen LogP contribution in [0, 0.1) is 0 Å². The summed E-state index contributed by atoms with van der Waals surface area (Å²) in [5, 5.41) is 24.0. The minimum absolute atomic E-state index is 0. The van der Waals surface area contributed by atoms with Gasteiger partial charge in [0.1, 0.15) is 95.3 Å². The van der Waals surface area contributed by atoms with E-state index in [0.29, 0.717) is 0 Å². The van der Waals surface area contributed by atoms with Crippen LogP contribution in [0.5, 0.6) is 23.0 Å². The SMILES string of the molecule is ClCCl.F[B-](F)(F)F.F[B-](F)(F)F.[Cu+].[Cu+].c1ccc(-n2cccn2)nc1.c1ccc(-n2cccn2)nc1.c1ccc([PH+](c2ccccc2)c2ccccc2Oc2ccccc2[PH+](c2ccccc2)c2ccccc2)cc1.c1ccc([PH+](c2ccccc2)c2ccccc2Oc2ccccc2[PH+](c2ccccc2)c2ccccc2)cc1. The normalized spacial score (nSPS) is 10.6. The molecule has 0 fully saturated rings. The summed E-state index contributed by atoms with van der Waals surface area (Å²) in [4.78, 5) is 8.24. The van der Waals surface area contributed by atoms with E-state index in [-0.39, 0.29) is 39.5 Å². The fourth-order valence-corrected chi connectivity index (χ4v) is 22.4. The van der Waals surface area contributed by atoms with E-state index in [4.69, 9.17) is 32.7 Å². The van der Waals surface area contributed by atoms with Crippen molar-refractivity contribution in [3.8, 4) is 34.6 Å². The van der Waals surface area contributed by atoms with E-state index in [0.717, 1.165) is 34.6 Å². The predicted molar refractivity (Wildman–Crippen MR) is 466 cm³/mol. The van der Waals surface area contributed by atoms with Crippen LogP contribution in [-0.2, 0) is 34.1 Å². The number of hydrogen-bond acceptors (Lipinski definition) is 6. The van der Waals surface area contributed by atoms with Gasteiger partial charge in [-0.3, -0.25) is 0 Å². The van der Waals surface area contributed by atoms with E-state index in [1.165, 1.54) is 63.7 Å². The van der Waals surface area contributed by atoms with Crippen molar-refractivity contribution in [2.24, 2.45) is 0 Å². The van der Waals surface area contributed by atoms with Crippen LogP contribution >= 0.6 is 54.9 Å². The van der Waals surface area contributed by atoms with Gasteiger partial charge in [-0.1, -0.05) is 206 Å². The Morgan fingerprint density at radius 3 is 0.583 bits per heavy atom. The van der Waals surface area contributed by atoms with E-state index >= 15 is 0 Å². The van der Waals surface area contributed by atoms with Crippen LogP contribution in [0.25, 0.3) is 11.6 Å². The molecule has 4 heterocycles. The first kappa shape index (κ1) is 90.4. The molecule has 12 aromatic carbocycles. The Morgan fingerprint density at radius 1 is 0.243 bits per heavy atom. The van der Waals surface area contributed by atoms with Crippen LogP contribution in [0.2, 0.25) is 0 Å². The summed E-state index contributed by atoms with van der Waals surface area (Å²) in [6, 6.07) is 136. The topological polar surface area (TPSA) is 79.9 Å². The number of pyridine rings is 2. The number of aromatic nitrogens is 6. The van der Waals surface area contributed by atoms with E-state index in [9.17, 15) is 34.5 Å². The van der Waals surface area contributed by atoms with Crippen molar-refractivity contribution in [2.45, 2.75) is 0 Å². The van der Waals surface area contributed by atoms with Crippen molar-refractivity contribution >= 4 is 133 Å². The number of alkyl halides is 2. The molecule has 0 bridgehead atoms. The van der Waals surface area contributed by atoms with Crippen molar-refractivity contribution in [3.05, 3.63) is 425 Å². The van der Waals surface area contributed by atoms with Crippen molar-refractivity contribution in [3.63, 3.8) is 0 Å². The molecule has 4 aromatic heterocycles. The zero-order valence-electron chi connectivity index (χ0n) is 61.2. The number of hydrogen-bond donors (Lipinski definition) is 0. The van der Waals surface area contributed by atoms with E-state index < -0.39 is 46.2 Å². The molecule has 588 valence electrons. The zero-order chi connectivity index (χ0) is 79.3. The molecule has 26 heteroatoms. The Labute approximate surface area is 700 Å². The van der Waals surface area contributed by atoms with Gasteiger partial charge in [0.05, 0.1) is 5.34 Å². The summed E-state index contributed by atoms with van der Waals surface area (Å²) in [5.74, 6) is 5.39. The summed E-state index contributed by atoms with van der Waals surface area (Å²) in [7, 11) is -17.1. The number of rotatable bonds is 18. The predicted octanol–water partition coefficient (Wildman–Crippen LogP) is 19.5. The second-order valence-electron chi connectivity index (χ2n) is 24.0. The molecule has 8 nitrogen and oxygen atoms in total. The summed E-state index contributed by atoms with van der Waals surface area (Å²) < 4.78 is 95.3. The number of nitrogens with zero attached hydrogens (tertiary/aromatic N) is 6. The molecule has 0 saturated heterocycles. The molecule has 0 aliphatic heterocycles. The third-order valence-electron chi connectivity index (χ3n) is 16.3. The average molecular weight is 1760 g/mol. The van der Waals surface area contributed by atoms with Gasteiger partial charge in [-0.05, 0) is 182 Å². The van der Waals surface area contributed by atoms with Gasteiger partial charge >= 0.3 is 48.6 Å². The molecule has 0 amide bonds. The molecule has 0 spiro atoms. The smallest absolute Gasteiger partial charge is 0.449 e. The average Bonchev–Trinajstić information content (AvgIpc) is 1.28. The fraction of sp³-hybridized carbons (Fsp3) is 0.0112. The number of ether oxygens (including phenoxy) is 2. The maximum absolute atomic E-state index is 9.75. The van der Waals surface area contributed by atoms with E-state index in [2.05, 4.69) is 360 Å². The number of halogens is 10. The standard InChI is InChI=1S/2C36H28OP2.2C8H7N3.CH2Cl2.2BF4.2Cu/c2*1-5-17-29(18-6-1)38(30-19-7-2-8-20-30)35-27-15-13-25-33(35)37-34-26-14-16-28-36(34)39(31-21-9-3-10-22-31)32-23-11-4-12-24-32;2*1-2-5-9-8(4-1)11-7-3-6-10-11;2-1-3;2*2-1(3,4)5;;/h2*1-28H;2*1-7H;1H2;;;;/q;;;;;2*-1;2*+1/p+4. The Kier molecular flexibility index (Phi) is 38.0. The molecule has 0 unspecified atom stereocenters. The van der Waals surface area contributed by atoms with Crippen LogP contribution in [0.15, 0.2) is 425 Å². The zero-order valence-corrected chi connectivity index (χ0v) is 68.6. The Hall–Kier alpha value is -10.1. The van der Waals surface area contributed by atoms with Crippen molar-refractivity contribution in [1.29, 1.82) is 0 Å². The molecule has 0 aliphatic carbocycles. The Morgan fingerprint density at radius 2 is 0.417 bits per heavy atom. The second kappa shape index (κ2) is 48.3. The largest absolute Gasteiger partial charge is 1.00 e. The van der Waals surface area contributed by atoms with Gasteiger partial charge in [0, 0.05) is 37.2 Å². The minimum atomic E-state index is -6.00. The van der Waals surface area contributed by atoms with Crippen molar-refractivity contribution in [2.75, 3.05) is 5.34 Å². The van der Waals surface area contributed by atoms with Gasteiger partial charge in [-0.25, -0.2) is 19.3 Å². The first-order valence-electron chi connectivity index (χ1n) is 35.4. The van der Waals surface area contributed by atoms with Crippen LogP contribution < -0.4 is 73.1 Å². The summed E-state index contributed by atoms with van der Waals surface area (Å²) in [6.07, 6.45) is 10.7. The Balaban J connectivity index is 0.000000201. The minimum Gasteiger partial charge on any atom is -0.449 e. The molecule has 0 aliphatic rings. The third-order valence-corrected chi connectivity index (χ3v) is 27.4. The van der Waals surface area contributed by atoms with Gasteiger partial charge in [0.2, 0.25) is 0 Å². The van der Waals surface area contributed by atoms with Crippen molar-refractivity contribution in [1.82, 2.24) is 29.5 Å². The molecule has 0 radical (unpaired) electrons. The molecule has 16 rings (SSSR count). The fourth-order valence-electron chi connectivity index (χ4n) is 11.8. The van der Waals surface area contributed by atoms with Crippen molar-refractivity contribution < 1.29 is 78.1 Å². The second-order valence-corrected chi connectivity index (χ2v) is 34.6. The molecule has 16 aromatic rings. The van der Waals surface area contributed by atoms with Crippen LogP contribution in [0.1, 0.15) is 0 Å². The molecular formula is C89H76B2Cl2Cu2F8N6O2P4+4. The van der Waals surface area contributed by atoms with Crippen LogP contribution in [0.3, 0.4) is 0 Å². The van der Waals surface area contributed by atoms with Crippen LogP contribution in [-0.4, -0.2) is 49.4 Å². The summed E-state index contributed by atoms with van der Waals surface area (Å²) in [5.41, 5.74) is 0. The molecule has 115 heavy (non-hydrogen) atoms. The quantitative estimate of drug-likeness (QED) is 0.0369. The maximum Gasteiger partial charge on any atom is 1.00 e. The molecule has 0 saturated carbocycles. The first-order valence-corrected chi connectivity index (χ1v) is 42.5. The molecule has 0 atom stereocenters. The summed E-state index contributed by atoms with van der Waals surface area (Å²) >= 11 is 9.53. The maximum atomic E-state index is 9.75. The monoisotopic (exact) mass is 1750 g/mol. The number of para-hydroxylation sites is 4. The molecular weight excluding hydrogens is 1680 g/mol. The Bertz CT molecular complexity index is 4580. The first-order chi connectivity index (χ1) is 55.1. The van der Waals surface area contributed by atoms with E-state index in [1.807, 2.05) is 60.9 Å². The van der Waals surface area contributed by atoms with Gasteiger partial charge < -0.3 is 44.0 Å². The summed E-state index contributed by atoms with van der Waals surface area (Å²) in [6.45, 7) is 0.